The van der Waals surface area contributed by atoms with Crippen LogP contribution in [0.25, 0.3) is 0 Å². The van der Waals surface area contributed by atoms with Crippen LogP contribution in [0.4, 0.5) is 5.69 Å². The largest absolute Gasteiger partial charge is 0.398 e. The minimum atomic E-state index is -3.64. The van der Waals surface area contributed by atoms with Crippen molar-refractivity contribution in [3.8, 4) is 0 Å². The smallest absolute Gasteiger partial charge is 0.243 e. The molecule has 2 unspecified atom stereocenters. The van der Waals surface area contributed by atoms with Gasteiger partial charge in [-0.1, -0.05) is 18.5 Å². The Labute approximate surface area is 124 Å². The quantitative estimate of drug-likeness (QED) is 0.812. The van der Waals surface area contributed by atoms with Crippen LogP contribution < -0.4 is 5.73 Å². The molecule has 1 saturated heterocycles. The van der Waals surface area contributed by atoms with E-state index in [4.69, 9.17) is 17.3 Å². The number of aliphatic hydroxyl groups is 1. The number of piperidine rings is 1. The molecular weight excluding hydrogens is 300 g/mol. The maximum Gasteiger partial charge on any atom is 0.243 e. The molecule has 1 aliphatic rings. The van der Waals surface area contributed by atoms with Crippen LogP contribution in [0.3, 0.4) is 0 Å². The van der Waals surface area contributed by atoms with E-state index in [9.17, 15) is 13.5 Å². The molecule has 1 aromatic carbocycles. The monoisotopic (exact) mass is 318 g/mol. The van der Waals surface area contributed by atoms with Crippen molar-refractivity contribution in [1.82, 2.24) is 4.31 Å². The minimum absolute atomic E-state index is 0.0876. The van der Waals surface area contributed by atoms with Gasteiger partial charge in [0.25, 0.3) is 0 Å². The average molecular weight is 319 g/mol. The zero-order chi connectivity index (χ0) is 15.1. The highest BCUT2D eigenvalue weighted by Gasteiger charge is 2.33. The fourth-order valence-corrected chi connectivity index (χ4v) is 4.52. The predicted octanol–water partition coefficient (Wildman–Crippen LogP) is 1.62. The molecule has 2 rings (SSSR count). The summed E-state index contributed by atoms with van der Waals surface area (Å²) in [6.07, 6.45) is -0.0119. The highest BCUT2D eigenvalue weighted by Crippen LogP contribution is 2.30. The Morgan fingerprint density at radius 1 is 1.45 bits per heavy atom. The lowest BCUT2D eigenvalue weighted by Gasteiger charge is -2.33. The van der Waals surface area contributed by atoms with Crippen molar-refractivity contribution in [2.75, 3.05) is 18.8 Å². The third-order valence-electron chi connectivity index (χ3n) is 3.81. The van der Waals surface area contributed by atoms with Crippen LogP contribution in [0.15, 0.2) is 17.0 Å². The lowest BCUT2D eigenvalue weighted by Crippen LogP contribution is -2.45. The van der Waals surface area contributed by atoms with Crippen molar-refractivity contribution < 1.29 is 13.5 Å². The number of hydrogen-bond acceptors (Lipinski definition) is 4. The molecule has 1 aromatic rings. The molecule has 0 aliphatic carbocycles. The number of nitrogens with zero attached hydrogens (tertiary/aromatic N) is 1. The van der Waals surface area contributed by atoms with Crippen LogP contribution in [0.5, 0.6) is 0 Å². The summed E-state index contributed by atoms with van der Waals surface area (Å²) >= 11 is 5.92. The highest BCUT2D eigenvalue weighted by molar-refractivity contribution is 7.89. The van der Waals surface area contributed by atoms with E-state index >= 15 is 0 Å². The SMILES string of the molecule is Cc1c(N)cc(Cl)cc1S(=O)(=O)N1CCC(O)C(C)C1. The van der Waals surface area contributed by atoms with Crippen molar-refractivity contribution in [3.05, 3.63) is 22.7 Å². The number of benzene rings is 1. The molecule has 0 spiro atoms. The first-order chi connectivity index (χ1) is 9.23. The summed E-state index contributed by atoms with van der Waals surface area (Å²) in [5.41, 5.74) is 6.66. The number of halogens is 1. The molecule has 20 heavy (non-hydrogen) atoms. The number of nitrogens with two attached hydrogens (primary N) is 1. The number of rotatable bonds is 2. The number of aliphatic hydroxyl groups excluding tert-OH is 1. The molecular formula is C13H19ClN2O3S. The van der Waals surface area contributed by atoms with Crippen LogP contribution >= 0.6 is 11.6 Å². The summed E-state index contributed by atoms with van der Waals surface area (Å²) in [5, 5.41) is 10.0. The van der Waals surface area contributed by atoms with Gasteiger partial charge >= 0.3 is 0 Å². The lowest BCUT2D eigenvalue weighted by molar-refractivity contribution is 0.0628. The summed E-state index contributed by atoms with van der Waals surface area (Å²) in [5.74, 6) is -0.0876. The van der Waals surface area contributed by atoms with Gasteiger partial charge < -0.3 is 10.8 Å². The molecule has 1 fully saturated rings. The zero-order valence-electron chi connectivity index (χ0n) is 11.5. The molecule has 5 nitrogen and oxygen atoms in total. The van der Waals surface area contributed by atoms with Gasteiger partial charge in [0.05, 0.1) is 11.0 Å². The van der Waals surface area contributed by atoms with E-state index in [0.29, 0.717) is 35.8 Å². The van der Waals surface area contributed by atoms with Gasteiger partial charge in [-0.15, -0.1) is 0 Å². The molecule has 2 atom stereocenters. The lowest BCUT2D eigenvalue weighted by atomic mass is 9.99. The fourth-order valence-electron chi connectivity index (χ4n) is 2.39. The molecule has 0 radical (unpaired) electrons. The van der Waals surface area contributed by atoms with Crippen LogP contribution in [-0.4, -0.2) is 37.0 Å². The summed E-state index contributed by atoms with van der Waals surface area (Å²) in [6.45, 7) is 4.11. The van der Waals surface area contributed by atoms with E-state index in [2.05, 4.69) is 0 Å². The maximum absolute atomic E-state index is 12.7. The van der Waals surface area contributed by atoms with E-state index in [0.717, 1.165) is 0 Å². The first kappa shape index (κ1) is 15.6. The number of anilines is 1. The standard InChI is InChI=1S/C13H19ClN2O3S/c1-8-7-16(4-3-12(8)17)20(18,19)13-6-10(14)5-11(15)9(13)2/h5-6,8,12,17H,3-4,7,15H2,1-2H3. The van der Waals surface area contributed by atoms with E-state index in [-0.39, 0.29) is 10.8 Å². The normalized spacial score (nSPS) is 24.8. The second-order valence-corrected chi connectivity index (χ2v) is 7.66. The van der Waals surface area contributed by atoms with Crippen molar-refractivity contribution in [1.29, 1.82) is 0 Å². The molecule has 1 heterocycles. The number of nitrogen functional groups attached to an aromatic ring is 1. The number of hydrogen-bond donors (Lipinski definition) is 2. The van der Waals surface area contributed by atoms with Gasteiger partial charge in [-0.3, -0.25) is 0 Å². The Hall–Kier alpha value is -0.820. The third kappa shape index (κ3) is 2.79. The zero-order valence-corrected chi connectivity index (χ0v) is 13.1. The van der Waals surface area contributed by atoms with Crippen LogP contribution in [0, 0.1) is 12.8 Å². The maximum atomic E-state index is 12.7. The van der Waals surface area contributed by atoms with E-state index in [1.807, 2.05) is 6.92 Å². The van der Waals surface area contributed by atoms with Gasteiger partial charge in [-0.25, -0.2) is 8.42 Å². The van der Waals surface area contributed by atoms with E-state index in [1.165, 1.54) is 10.4 Å². The Bertz CT molecular complexity index is 618. The Balaban J connectivity index is 2.41. The minimum Gasteiger partial charge on any atom is -0.398 e. The predicted molar refractivity (Wildman–Crippen MR) is 79.1 cm³/mol. The van der Waals surface area contributed by atoms with E-state index in [1.54, 1.807) is 13.0 Å². The van der Waals surface area contributed by atoms with Gasteiger partial charge in [-0.2, -0.15) is 4.31 Å². The van der Waals surface area contributed by atoms with Gasteiger partial charge in [0, 0.05) is 23.8 Å². The molecule has 112 valence electrons. The van der Waals surface area contributed by atoms with Gasteiger partial charge in [0.1, 0.15) is 0 Å². The molecule has 0 bridgehead atoms. The molecule has 0 aromatic heterocycles. The molecule has 1 aliphatic heterocycles. The van der Waals surface area contributed by atoms with Crippen LogP contribution in [0.1, 0.15) is 18.9 Å². The summed E-state index contributed by atoms with van der Waals surface area (Å²) in [6, 6.07) is 2.97. The van der Waals surface area contributed by atoms with Gasteiger partial charge in [0.15, 0.2) is 0 Å². The molecule has 0 saturated carbocycles. The Morgan fingerprint density at radius 2 is 2.10 bits per heavy atom. The first-order valence-electron chi connectivity index (χ1n) is 6.47. The van der Waals surface area contributed by atoms with Crippen molar-refractivity contribution in [2.45, 2.75) is 31.3 Å². The molecule has 7 heteroatoms. The molecule has 3 N–H and O–H groups in total. The molecule has 0 amide bonds. The topological polar surface area (TPSA) is 83.6 Å². The van der Waals surface area contributed by atoms with Crippen molar-refractivity contribution in [2.24, 2.45) is 5.92 Å². The Morgan fingerprint density at radius 3 is 2.70 bits per heavy atom. The second-order valence-electron chi connectivity index (χ2n) is 5.31. The van der Waals surface area contributed by atoms with Gasteiger partial charge in [0.2, 0.25) is 10.0 Å². The summed E-state index contributed by atoms with van der Waals surface area (Å²) in [4.78, 5) is 0.145. The van der Waals surface area contributed by atoms with Gasteiger partial charge in [-0.05, 0) is 37.0 Å². The highest BCUT2D eigenvalue weighted by atomic mass is 35.5. The summed E-state index contributed by atoms with van der Waals surface area (Å²) < 4.78 is 26.8. The van der Waals surface area contributed by atoms with Crippen LogP contribution in [-0.2, 0) is 10.0 Å². The number of sulfonamides is 1. The Kier molecular flexibility index (Phi) is 4.30. The second kappa shape index (κ2) is 5.52. The van der Waals surface area contributed by atoms with Crippen molar-refractivity contribution >= 4 is 27.3 Å². The summed E-state index contributed by atoms with van der Waals surface area (Å²) in [7, 11) is -3.64. The average Bonchev–Trinajstić information content (AvgIpc) is 2.36. The van der Waals surface area contributed by atoms with Crippen LogP contribution in [0.2, 0.25) is 5.02 Å². The fraction of sp³-hybridized carbons (Fsp3) is 0.538. The first-order valence-corrected chi connectivity index (χ1v) is 8.29. The third-order valence-corrected chi connectivity index (χ3v) is 6.02. The van der Waals surface area contributed by atoms with E-state index < -0.39 is 16.1 Å². The van der Waals surface area contributed by atoms with Crippen molar-refractivity contribution in [3.63, 3.8) is 0 Å².